The minimum absolute atomic E-state index is 0.0400. The number of nitrogens with zero attached hydrogens (tertiary/aromatic N) is 1. The molecule has 0 spiro atoms. The number of hydrogen-bond acceptors (Lipinski definition) is 5. The Morgan fingerprint density at radius 3 is 3.05 bits per heavy atom. The molecule has 6 heteroatoms. The zero-order valence-electron chi connectivity index (χ0n) is 12.6. The number of amides is 1. The second kappa shape index (κ2) is 7.28. The maximum Gasteiger partial charge on any atom is 0.251 e. The van der Waals surface area contributed by atoms with Gasteiger partial charge in [-0.05, 0) is 24.7 Å². The minimum atomic E-state index is -0.151. The summed E-state index contributed by atoms with van der Waals surface area (Å²) in [6.07, 6.45) is 0.0400. The highest BCUT2D eigenvalue weighted by Gasteiger charge is 2.20. The molecule has 2 rings (SSSR count). The number of nitrogens with one attached hydrogen (secondary N) is 1. The Morgan fingerprint density at radius 2 is 2.38 bits per heavy atom. The first-order valence-corrected chi connectivity index (χ1v) is 7.19. The van der Waals surface area contributed by atoms with Gasteiger partial charge in [0.1, 0.15) is 5.75 Å². The smallest absolute Gasteiger partial charge is 0.251 e. The molecule has 1 heterocycles. The van der Waals surface area contributed by atoms with Gasteiger partial charge in [-0.1, -0.05) is 6.92 Å². The van der Waals surface area contributed by atoms with E-state index < -0.39 is 0 Å². The van der Waals surface area contributed by atoms with Crippen LogP contribution in [0.1, 0.15) is 17.3 Å². The average molecular weight is 293 g/mol. The van der Waals surface area contributed by atoms with Gasteiger partial charge >= 0.3 is 0 Å². The molecule has 1 amide bonds. The molecule has 0 bridgehead atoms. The largest absolute Gasteiger partial charge is 0.495 e. The Hall–Kier alpha value is -1.79. The standard InChI is InChI=1S/C15H23N3O3/c1-3-18-6-7-21-12(10-18)9-17-15(19)11-4-5-14(20-2)13(16)8-11/h4-5,8,12H,3,6-7,9-10,16H2,1-2H3,(H,17,19). The predicted molar refractivity (Wildman–Crippen MR) is 81.6 cm³/mol. The topological polar surface area (TPSA) is 76.8 Å². The van der Waals surface area contributed by atoms with E-state index in [2.05, 4.69) is 17.1 Å². The van der Waals surface area contributed by atoms with Crippen molar-refractivity contribution in [2.45, 2.75) is 13.0 Å². The normalized spacial score (nSPS) is 19.2. The molecule has 1 aliphatic heterocycles. The zero-order chi connectivity index (χ0) is 15.2. The minimum Gasteiger partial charge on any atom is -0.495 e. The Balaban J connectivity index is 1.88. The third-order valence-electron chi connectivity index (χ3n) is 3.65. The number of nitrogens with two attached hydrogens (primary N) is 1. The SMILES string of the molecule is CCN1CCOC(CNC(=O)c2ccc(OC)c(N)c2)C1. The van der Waals surface area contributed by atoms with Crippen LogP contribution in [0, 0.1) is 0 Å². The van der Waals surface area contributed by atoms with Gasteiger partial charge < -0.3 is 20.5 Å². The van der Waals surface area contributed by atoms with Crippen LogP contribution in [0.15, 0.2) is 18.2 Å². The van der Waals surface area contributed by atoms with Gasteiger partial charge in [-0.3, -0.25) is 9.69 Å². The predicted octanol–water partition coefficient (Wildman–Crippen LogP) is 0.728. The second-order valence-electron chi connectivity index (χ2n) is 5.05. The van der Waals surface area contributed by atoms with Crippen molar-refractivity contribution in [3.63, 3.8) is 0 Å². The van der Waals surface area contributed by atoms with Gasteiger partial charge in [-0.15, -0.1) is 0 Å². The Kier molecular flexibility index (Phi) is 5.41. The van der Waals surface area contributed by atoms with Crippen LogP contribution in [0.3, 0.4) is 0 Å². The third kappa shape index (κ3) is 4.09. The van der Waals surface area contributed by atoms with E-state index in [4.69, 9.17) is 15.2 Å². The van der Waals surface area contributed by atoms with E-state index in [0.717, 1.165) is 19.6 Å². The van der Waals surface area contributed by atoms with Crippen LogP contribution in [0.5, 0.6) is 5.75 Å². The summed E-state index contributed by atoms with van der Waals surface area (Å²) in [5, 5.41) is 2.89. The zero-order valence-corrected chi connectivity index (χ0v) is 12.6. The molecule has 1 fully saturated rings. The highest BCUT2D eigenvalue weighted by molar-refractivity contribution is 5.95. The Bertz CT molecular complexity index is 493. The van der Waals surface area contributed by atoms with E-state index in [1.54, 1.807) is 25.3 Å². The van der Waals surface area contributed by atoms with Gasteiger partial charge in [-0.2, -0.15) is 0 Å². The first kappa shape index (κ1) is 15.6. The number of rotatable bonds is 5. The van der Waals surface area contributed by atoms with Crippen molar-refractivity contribution in [3.05, 3.63) is 23.8 Å². The molecule has 6 nitrogen and oxygen atoms in total. The maximum absolute atomic E-state index is 12.1. The number of likely N-dealkylation sites (N-methyl/N-ethyl adjacent to an activating group) is 1. The number of nitrogen functional groups attached to an aromatic ring is 1. The summed E-state index contributed by atoms with van der Waals surface area (Å²) >= 11 is 0. The summed E-state index contributed by atoms with van der Waals surface area (Å²) < 4.78 is 10.7. The van der Waals surface area contributed by atoms with E-state index in [1.807, 2.05) is 0 Å². The highest BCUT2D eigenvalue weighted by atomic mass is 16.5. The molecule has 0 radical (unpaired) electrons. The molecule has 1 unspecified atom stereocenters. The number of anilines is 1. The average Bonchev–Trinajstić information content (AvgIpc) is 2.52. The first-order valence-electron chi connectivity index (χ1n) is 7.19. The first-order chi connectivity index (χ1) is 10.1. The van der Waals surface area contributed by atoms with Gasteiger partial charge in [0.25, 0.3) is 5.91 Å². The van der Waals surface area contributed by atoms with E-state index in [9.17, 15) is 4.79 Å². The van der Waals surface area contributed by atoms with Crippen molar-refractivity contribution >= 4 is 11.6 Å². The van der Waals surface area contributed by atoms with Gasteiger partial charge in [0, 0.05) is 25.2 Å². The van der Waals surface area contributed by atoms with Crippen LogP contribution in [0.4, 0.5) is 5.69 Å². The van der Waals surface area contributed by atoms with Crippen molar-refractivity contribution in [1.29, 1.82) is 0 Å². The number of methoxy groups -OCH3 is 1. The number of carbonyl (C=O) groups is 1. The molecule has 1 aromatic rings. The van der Waals surface area contributed by atoms with Crippen molar-refractivity contribution in [2.75, 3.05) is 45.6 Å². The lowest BCUT2D eigenvalue weighted by molar-refractivity contribution is -0.0246. The molecule has 1 aromatic carbocycles. The van der Waals surface area contributed by atoms with Crippen LogP contribution in [-0.4, -0.2) is 56.8 Å². The van der Waals surface area contributed by atoms with Crippen molar-refractivity contribution in [3.8, 4) is 5.75 Å². The van der Waals surface area contributed by atoms with E-state index in [1.165, 1.54) is 0 Å². The monoisotopic (exact) mass is 293 g/mol. The Morgan fingerprint density at radius 1 is 1.57 bits per heavy atom. The fraction of sp³-hybridized carbons (Fsp3) is 0.533. The van der Waals surface area contributed by atoms with Gasteiger partial charge in [0.2, 0.25) is 0 Å². The molecule has 3 N–H and O–H groups in total. The molecular formula is C15H23N3O3. The van der Waals surface area contributed by atoms with Crippen LogP contribution in [0.25, 0.3) is 0 Å². The molecule has 116 valence electrons. The Labute approximate surface area is 125 Å². The van der Waals surface area contributed by atoms with Gasteiger partial charge in [0.15, 0.2) is 0 Å². The van der Waals surface area contributed by atoms with Crippen molar-refractivity contribution < 1.29 is 14.3 Å². The lowest BCUT2D eigenvalue weighted by atomic mass is 10.1. The molecule has 0 aromatic heterocycles. The molecule has 1 aliphatic rings. The number of carbonyl (C=O) groups excluding carboxylic acids is 1. The summed E-state index contributed by atoms with van der Waals surface area (Å²) in [7, 11) is 1.55. The summed E-state index contributed by atoms with van der Waals surface area (Å²) in [4.78, 5) is 14.4. The van der Waals surface area contributed by atoms with E-state index >= 15 is 0 Å². The highest BCUT2D eigenvalue weighted by Crippen LogP contribution is 2.21. The summed E-state index contributed by atoms with van der Waals surface area (Å²) in [6, 6.07) is 5.01. The van der Waals surface area contributed by atoms with Crippen LogP contribution >= 0.6 is 0 Å². The van der Waals surface area contributed by atoms with E-state index in [0.29, 0.717) is 30.2 Å². The van der Waals surface area contributed by atoms with Crippen LogP contribution in [0.2, 0.25) is 0 Å². The van der Waals surface area contributed by atoms with Crippen molar-refractivity contribution in [1.82, 2.24) is 10.2 Å². The quantitative estimate of drug-likeness (QED) is 0.783. The number of hydrogen-bond donors (Lipinski definition) is 2. The molecule has 21 heavy (non-hydrogen) atoms. The van der Waals surface area contributed by atoms with Gasteiger partial charge in [0.05, 0.1) is 25.5 Å². The van der Waals surface area contributed by atoms with Crippen molar-refractivity contribution in [2.24, 2.45) is 0 Å². The fourth-order valence-electron chi connectivity index (χ4n) is 2.38. The lowest BCUT2D eigenvalue weighted by Crippen LogP contribution is -2.47. The maximum atomic E-state index is 12.1. The number of ether oxygens (including phenoxy) is 2. The second-order valence-corrected chi connectivity index (χ2v) is 5.05. The lowest BCUT2D eigenvalue weighted by Gasteiger charge is -2.32. The van der Waals surface area contributed by atoms with Crippen LogP contribution < -0.4 is 15.8 Å². The molecule has 1 atom stereocenters. The van der Waals surface area contributed by atoms with E-state index in [-0.39, 0.29) is 12.0 Å². The molecular weight excluding hydrogens is 270 g/mol. The summed E-state index contributed by atoms with van der Waals surface area (Å²) in [5.41, 5.74) is 6.79. The molecule has 0 aliphatic carbocycles. The fourth-order valence-corrected chi connectivity index (χ4v) is 2.38. The van der Waals surface area contributed by atoms with Gasteiger partial charge in [-0.25, -0.2) is 0 Å². The number of benzene rings is 1. The summed E-state index contributed by atoms with van der Waals surface area (Å²) in [6.45, 7) is 6.15. The molecule has 0 saturated carbocycles. The van der Waals surface area contributed by atoms with Crippen LogP contribution in [-0.2, 0) is 4.74 Å². The third-order valence-corrected chi connectivity index (χ3v) is 3.65. The molecule has 1 saturated heterocycles. The number of morpholine rings is 1. The summed E-state index contributed by atoms with van der Waals surface area (Å²) in [5.74, 6) is 0.419.